The lowest BCUT2D eigenvalue weighted by Gasteiger charge is -2.19. The van der Waals surface area contributed by atoms with Crippen molar-refractivity contribution >= 4 is 23.6 Å². The maximum absolute atomic E-state index is 11.1. The van der Waals surface area contributed by atoms with E-state index in [1.54, 1.807) is 6.20 Å². The second-order valence-corrected chi connectivity index (χ2v) is 6.13. The summed E-state index contributed by atoms with van der Waals surface area (Å²) < 4.78 is 0. The van der Waals surface area contributed by atoms with Gasteiger partial charge in [-0.25, -0.2) is 14.8 Å². The number of carbonyl (C=O) groups excluding carboxylic acids is 1. The molecule has 0 saturated heterocycles. The molecule has 0 radical (unpaired) electrons. The summed E-state index contributed by atoms with van der Waals surface area (Å²) in [5.74, 6) is 0.559. The molecule has 1 heterocycles. The summed E-state index contributed by atoms with van der Waals surface area (Å²) in [6, 6.07) is 1.84. The van der Waals surface area contributed by atoms with Gasteiger partial charge in [-0.3, -0.25) is 4.84 Å². The van der Waals surface area contributed by atoms with Crippen molar-refractivity contribution in [2.24, 2.45) is 10.6 Å². The first kappa shape index (κ1) is 16.4. The van der Waals surface area contributed by atoms with E-state index in [0.717, 1.165) is 11.4 Å². The Balaban J connectivity index is 2.73. The van der Waals surface area contributed by atoms with Crippen LogP contribution in [0.25, 0.3) is 0 Å². The minimum absolute atomic E-state index is 0.204. The Morgan fingerprint density at radius 1 is 1.50 bits per heavy atom. The minimum Gasteiger partial charge on any atom is -0.323 e. The van der Waals surface area contributed by atoms with E-state index < -0.39 is 6.09 Å². The SMILES string of the molecule is CNC(=O)O/N=C(/CSc1nccc(C)n1)C(C)(C)C. The van der Waals surface area contributed by atoms with Gasteiger partial charge in [-0.05, 0) is 13.0 Å². The number of hydrogen-bond acceptors (Lipinski definition) is 6. The molecule has 0 saturated carbocycles. The zero-order valence-corrected chi connectivity index (χ0v) is 13.2. The number of nitrogens with zero attached hydrogens (tertiary/aromatic N) is 3. The summed E-state index contributed by atoms with van der Waals surface area (Å²) in [6.45, 7) is 7.95. The number of nitrogens with one attached hydrogen (secondary N) is 1. The fourth-order valence-corrected chi connectivity index (χ4v) is 2.25. The second kappa shape index (κ2) is 7.23. The molecule has 0 bridgehead atoms. The van der Waals surface area contributed by atoms with Crippen molar-refractivity contribution in [2.75, 3.05) is 12.8 Å². The average molecular weight is 296 g/mol. The van der Waals surface area contributed by atoms with Gasteiger partial charge in [0.05, 0.1) is 5.71 Å². The van der Waals surface area contributed by atoms with E-state index in [0.29, 0.717) is 10.9 Å². The molecule has 20 heavy (non-hydrogen) atoms. The molecule has 6 nitrogen and oxygen atoms in total. The molecule has 0 atom stereocenters. The zero-order chi connectivity index (χ0) is 15.2. The normalized spacial score (nSPS) is 12.2. The lowest BCUT2D eigenvalue weighted by molar-refractivity contribution is 0.152. The Morgan fingerprint density at radius 2 is 2.20 bits per heavy atom. The fourth-order valence-electron chi connectivity index (χ4n) is 1.15. The Kier molecular flexibility index (Phi) is 5.94. The number of carbonyl (C=O) groups is 1. The van der Waals surface area contributed by atoms with Crippen molar-refractivity contribution in [3.05, 3.63) is 18.0 Å². The molecule has 1 N–H and O–H groups in total. The van der Waals surface area contributed by atoms with Crippen LogP contribution >= 0.6 is 11.8 Å². The number of amides is 1. The number of thioether (sulfide) groups is 1. The first-order valence-corrected chi connectivity index (χ1v) is 7.20. The summed E-state index contributed by atoms with van der Waals surface area (Å²) in [7, 11) is 1.49. The molecule has 0 unspecified atom stereocenters. The smallest absolute Gasteiger partial charge is 0.323 e. The quantitative estimate of drug-likeness (QED) is 0.304. The van der Waals surface area contributed by atoms with Crippen molar-refractivity contribution in [3.63, 3.8) is 0 Å². The molecular weight excluding hydrogens is 276 g/mol. The highest BCUT2D eigenvalue weighted by molar-refractivity contribution is 7.99. The van der Waals surface area contributed by atoms with E-state index in [4.69, 9.17) is 4.84 Å². The summed E-state index contributed by atoms with van der Waals surface area (Å²) in [4.78, 5) is 24.4. The molecule has 7 heteroatoms. The first-order chi connectivity index (χ1) is 9.32. The number of aryl methyl sites for hydroxylation is 1. The van der Waals surface area contributed by atoms with E-state index in [1.807, 2.05) is 33.8 Å². The third kappa shape index (κ3) is 5.56. The van der Waals surface area contributed by atoms with Gasteiger partial charge in [0.15, 0.2) is 5.16 Å². The summed E-state index contributed by atoms with van der Waals surface area (Å²) in [6.07, 6.45) is 1.14. The molecule has 0 aromatic carbocycles. The monoisotopic (exact) mass is 296 g/mol. The average Bonchev–Trinajstić information content (AvgIpc) is 2.36. The maximum atomic E-state index is 11.1. The van der Waals surface area contributed by atoms with Crippen LogP contribution < -0.4 is 5.32 Å². The van der Waals surface area contributed by atoms with Gasteiger partial charge >= 0.3 is 6.09 Å². The largest absolute Gasteiger partial charge is 0.433 e. The van der Waals surface area contributed by atoms with Crippen LogP contribution in [0, 0.1) is 12.3 Å². The number of rotatable bonds is 4. The second-order valence-electron chi connectivity index (χ2n) is 5.19. The third-order valence-electron chi connectivity index (χ3n) is 2.42. The molecule has 0 aliphatic rings. The summed E-state index contributed by atoms with van der Waals surface area (Å²) in [5, 5.41) is 6.97. The molecule has 1 rings (SSSR count). The Labute approximate surface area is 123 Å². The lowest BCUT2D eigenvalue weighted by Crippen LogP contribution is -2.25. The van der Waals surface area contributed by atoms with Gasteiger partial charge < -0.3 is 5.32 Å². The van der Waals surface area contributed by atoms with Gasteiger partial charge in [-0.2, -0.15) is 0 Å². The topological polar surface area (TPSA) is 76.5 Å². The Hall–Kier alpha value is -1.63. The zero-order valence-electron chi connectivity index (χ0n) is 12.4. The van der Waals surface area contributed by atoms with Crippen molar-refractivity contribution in [1.29, 1.82) is 0 Å². The van der Waals surface area contributed by atoms with E-state index in [1.165, 1.54) is 18.8 Å². The van der Waals surface area contributed by atoms with Crippen molar-refractivity contribution < 1.29 is 9.63 Å². The van der Waals surface area contributed by atoms with Gasteiger partial charge in [0, 0.05) is 30.1 Å². The van der Waals surface area contributed by atoms with E-state index in [2.05, 4.69) is 20.4 Å². The molecule has 110 valence electrons. The van der Waals surface area contributed by atoms with Crippen molar-refractivity contribution in [1.82, 2.24) is 15.3 Å². The molecule has 1 amide bonds. The number of hydrogen-bond donors (Lipinski definition) is 1. The minimum atomic E-state index is -0.580. The van der Waals surface area contributed by atoms with Crippen molar-refractivity contribution in [2.45, 2.75) is 32.9 Å². The molecule has 0 fully saturated rings. The van der Waals surface area contributed by atoms with Crippen LogP contribution in [0.3, 0.4) is 0 Å². The summed E-state index contributed by atoms with van der Waals surface area (Å²) in [5.41, 5.74) is 1.47. The standard InChI is InChI=1S/C13H20N4O2S/c1-9-6-7-15-11(16-9)20-8-10(13(2,3)4)17-19-12(18)14-5/h6-7H,8H2,1-5H3,(H,14,18)/b17-10-. The van der Waals surface area contributed by atoms with Crippen LogP contribution in [0.15, 0.2) is 22.6 Å². The molecule has 0 aliphatic carbocycles. The highest BCUT2D eigenvalue weighted by atomic mass is 32.2. The predicted molar refractivity (Wildman–Crippen MR) is 79.9 cm³/mol. The third-order valence-corrected chi connectivity index (χ3v) is 3.29. The van der Waals surface area contributed by atoms with Gasteiger partial charge in [0.2, 0.25) is 0 Å². The number of oxime groups is 1. The fraction of sp³-hybridized carbons (Fsp3) is 0.538. The molecule has 1 aromatic rings. The molecule has 0 spiro atoms. The van der Waals surface area contributed by atoms with Gasteiger partial charge in [0.25, 0.3) is 0 Å². The van der Waals surface area contributed by atoms with Crippen LogP contribution in [0.5, 0.6) is 0 Å². The van der Waals surface area contributed by atoms with E-state index in [-0.39, 0.29) is 5.41 Å². The van der Waals surface area contributed by atoms with Gasteiger partial charge in [0.1, 0.15) is 0 Å². The summed E-state index contributed by atoms with van der Waals surface area (Å²) >= 11 is 1.46. The lowest BCUT2D eigenvalue weighted by atomic mass is 9.91. The molecular formula is C13H20N4O2S. The van der Waals surface area contributed by atoms with E-state index in [9.17, 15) is 4.79 Å². The van der Waals surface area contributed by atoms with Crippen LogP contribution in [-0.2, 0) is 4.84 Å². The van der Waals surface area contributed by atoms with E-state index >= 15 is 0 Å². The maximum Gasteiger partial charge on any atom is 0.433 e. The molecule has 1 aromatic heterocycles. The highest BCUT2D eigenvalue weighted by Crippen LogP contribution is 2.22. The van der Waals surface area contributed by atoms with Crippen LogP contribution in [-0.4, -0.2) is 34.6 Å². The molecule has 0 aliphatic heterocycles. The van der Waals surface area contributed by atoms with Crippen LogP contribution in [0.4, 0.5) is 4.79 Å². The Bertz CT molecular complexity index is 497. The number of aromatic nitrogens is 2. The Morgan fingerprint density at radius 3 is 2.75 bits per heavy atom. The van der Waals surface area contributed by atoms with Gasteiger partial charge in [-0.15, -0.1) is 0 Å². The van der Waals surface area contributed by atoms with Gasteiger partial charge in [-0.1, -0.05) is 37.7 Å². The predicted octanol–water partition coefficient (Wildman–Crippen LogP) is 2.64. The first-order valence-electron chi connectivity index (χ1n) is 6.21. The van der Waals surface area contributed by atoms with Crippen LogP contribution in [0.2, 0.25) is 0 Å². The van der Waals surface area contributed by atoms with Crippen LogP contribution in [0.1, 0.15) is 26.5 Å². The van der Waals surface area contributed by atoms with Crippen molar-refractivity contribution in [3.8, 4) is 0 Å². The highest BCUT2D eigenvalue weighted by Gasteiger charge is 2.21.